The fourth-order valence-corrected chi connectivity index (χ4v) is 3.96. The van der Waals surface area contributed by atoms with Crippen LogP contribution in [0.15, 0.2) is 54.7 Å². The summed E-state index contributed by atoms with van der Waals surface area (Å²) in [6, 6.07) is 16.6. The van der Waals surface area contributed by atoms with Crippen LogP contribution in [0.4, 0.5) is 11.4 Å². The van der Waals surface area contributed by atoms with Crippen LogP contribution in [-0.4, -0.2) is 33.7 Å². The number of benzene rings is 2. The molecule has 0 spiro atoms. The maximum atomic E-state index is 13.3. The van der Waals surface area contributed by atoms with E-state index in [1.807, 2.05) is 44.2 Å². The molecule has 0 saturated heterocycles. The van der Waals surface area contributed by atoms with Gasteiger partial charge in [0.1, 0.15) is 5.69 Å². The Balaban J connectivity index is 0.00000141. The third-order valence-corrected chi connectivity index (χ3v) is 6.28. The number of nitrogens with one attached hydrogen (secondary N) is 2. The molecule has 1 aliphatic carbocycles. The fourth-order valence-electron chi connectivity index (χ4n) is 3.96. The summed E-state index contributed by atoms with van der Waals surface area (Å²) in [5, 5.41) is 19.6. The second kappa shape index (κ2) is 10.1. The summed E-state index contributed by atoms with van der Waals surface area (Å²) < 4.78 is 1.58. The van der Waals surface area contributed by atoms with Crippen LogP contribution in [0, 0.1) is 11.3 Å². The number of fused-ring (bicyclic) bond motifs is 1. The lowest BCUT2D eigenvalue weighted by Crippen LogP contribution is -2.41. The molecule has 1 fully saturated rings. The minimum absolute atomic E-state index is 0.213. The summed E-state index contributed by atoms with van der Waals surface area (Å²) in [4.78, 5) is 27.9. The van der Waals surface area contributed by atoms with Crippen molar-refractivity contribution in [1.29, 1.82) is 5.26 Å². The first-order valence-electron chi connectivity index (χ1n) is 12.0. The number of nitrogens with zero attached hydrogens (tertiary/aromatic N) is 4. The van der Waals surface area contributed by atoms with Crippen molar-refractivity contribution in [2.24, 2.45) is 0 Å². The first-order valence-corrected chi connectivity index (χ1v) is 12.0. The Morgan fingerprint density at radius 1 is 1.14 bits per heavy atom. The SMILES string of the molecule is CC.CC1(NCc2ccc(N3CCn4ncc(C(=O)Nc5cccc(C#N)c5)c4C3=O)cc2)CC1. The number of hydrogen-bond acceptors (Lipinski definition) is 5. The summed E-state index contributed by atoms with van der Waals surface area (Å²) in [5.74, 6) is -0.692. The van der Waals surface area contributed by atoms with Crippen LogP contribution in [0.3, 0.4) is 0 Å². The normalized spacial score (nSPS) is 15.4. The average molecular weight is 471 g/mol. The summed E-state index contributed by atoms with van der Waals surface area (Å²) in [7, 11) is 0. The molecule has 5 rings (SSSR count). The topological polar surface area (TPSA) is 103 Å². The minimum atomic E-state index is -0.434. The summed E-state index contributed by atoms with van der Waals surface area (Å²) >= 11 is 0. The van der Waals surface area contributed by atoms with Gasteiger partial charge in [-0.3, -0.25) is 14.3 Å². The number of nitriles is 1. The van der Waals surface area contributed by atoms with Gasteiger partial charge in [0.05, 0.1) is 29.9 Å². The van der Waals surface area contributed by atoms with E-state index in [2.05, 4.69) is 22.7 Å². The van der Waals surface area contributed by atoms with Gasteiger partial charge in [-0.1, -0.05) is 32.0 Å². The van der Waals surface area contributed by atoms with E-state index in [0.717, 1.165) is 12.2 Å². The average Bonchev–Trinajstić information content (AvgIpc) is 3.46. The highest BCUT2D eigenvalue weighted by Crippen LogP contribution is 2.34. The van der Waals surface area contributed by atoms with Gasteiger partial charge in [0.15, 0.2) is 0 Å². The number of amides is 2. The Labute approximate surface area is 205 Å². The molecule has 2 heterocycles. The fraction of sp³-hybridized carbons (Fsp3) is 0.333. The van der Waals surface area contributed by atoms with E-state index in [1.165, 1.54) is 24.6 Å². The molecule has 2 aliphatic rings. The molecule has 2 aromatic carbocycles. The van der Waals surface area contributed by atoms with Crippen molar-refractivity contribution in [2.45, 2.75) is 52.2 Å². The molecule has 2 N–H and O–H groups in total. The van der Waals surface area contributed by atoms with E-state index in [1.54, 1.807) is 33.8 Å². The maximum absolute atomic E-state index is 13.3. The molecule has 8 nitrogen and oxygen atoms in total. The van der Waals surface area contributed by atoms with Crippen molar-refractivity contribution in [3.05, 3.63) is 77.1 Å². The summed E-state index contributed by atoms with van der Waals surface area (Å²) in [5.41, 5.74) is 3.64. The molecular formula is C27H30N6O2. The van der Waals surface area contributed by atoms with Gasteiger partial charge >= 0.3 is 0 Å². The smallest absolute Gasteiger partial charge is 0.277 e. The number of carbonyl (C=O) groups excluding carboxylic acids is 2. The molecule has 1 aromatic heterocycles. The Kier molecular flexibility index (Phi) is 6.99. The van der Waals surface area contributed by atoms with Gasteiger partial charge < -0.3 is 15.5 Å². The lowest BCUT2D eigenvalue weighted by molar-refractivity contribution is 0.0947. The molecular weight excluding hydrogens is 440 g/mol. The number of anilines is 2. The van der Waals surface area contributed by atoms with Gasteiger partial charge in [0.25, 0.3) is 11.8 Å². The Morgan fingerprint density at radius 2 is 1.89 bits per heavy atom. The molecule has 0 radical (unpaired) electrons. The number of carbonyl (C=O) groups is 2. The quantitative estimate of drug-likeness (QED) is 0.558. The lowest BCUT2D eigenvalue weighted by atomic mass is 10.1. The van der Waals surface area contributed by atoms with Gasteiger partial charge in [-0.2, -0.15) is 10.4 Å². The summed E-state index contributed by atoms with van der Waals surface area (Å²) in [6.07, 6.45) is 3.84. The lowest BCUT2D eigenvalue weighted by Gasteiger charge is -2.28. The molecule has 180 valence electrons. The van der Waals surface area contributed by atoms with Crippen molar-refractivity contribution in [3.63, 3.8) is 0 Å². The van der Waals surface area contributed by atoms with Crippen LogP contribution in [0.2, 0.25) is 0 Å². The molecule has 1 saturated carbocycles. The number of rotatable bonds is 6. The van der Waals surface area contributed by atoms with Crippen LogP contribution in [0.25, 0.3) is 0 Å². The van der Waals surface area contributed by atoms with E-state index in [9.17, 15) is 9.59 Å². The second-order valence-electron chi connectivity index (χ2n) is 8.81. The molecule has 2 amide bonds. The van der Waals surface area contributed by atoms with E-state index in [0.29, 0.717) is 24.3 Å². The highest BCUT2D eigenvalue weighted by molar-refractivity contribution is 6.15. The molecule has 8 heteroatoms. The first-order chi connectivity index (χ1) is 17.0. The largest absolute Gasteiger partial charge is 0.322 e. The van der Waals surface area contributed by atoms with Crippen molar-refractivity contribution in [1.82, 2.24) is 15.1 Å². The van der Waals surface area contributed by atoms with E-state index < -0.39 is 5.91 Å². The highest BCUT2D eigenvalue weighted by Gasteiger charge is 2.36. The Hall–Kier alpha value is -3.96. The molecule has 3 aromatic rings. The first kappa shape index (κ1) is 24.2. The van der Waals surface area contributed by atoms with Crippen LogP contribution in [0.5, 0.6) is 0 Å². The molecule has 35 heavy (non-hydrogen) atoms. The second-order valence-corrected chi connectivity index (χ2v) is 8.81. The number of aromatic nitrogens is 2. The molecule has 0 bridgehead atoms. The van der Waals surface area contributed by atoms with Crippen molar-refractivity contribution in [3.8, 4) is 6.07 Å². The minimum Gasteiger partial charge on any atom is -0.322 e. The van der Waals surface area contributed by atoms with E-state index in [-0.39, 0.29) is 22.7 Å². The van der Waals surface area contributed by atoms with Crippen LogP contribution < -0.4 is 15.5 Å². The van der Waals surface area contributed by atoms with Gasteiger partial charge in [0.2, 0.25) is 0 Å². The van der Waals surface area contributed by atoms with Gasteiger partial charge in [0, 0.05) is 30.0 Å². The van der Waals surface area contributed by atoms with Crippen molar-refractivity contribution < 1.29 is 9.59 Å². The van der Waals surface area contributed by atoms with E-state index >= 15 is 0 Å². The predicted molar refractivity (Wildman–Crippen MR) is 135 cm³/mol. The predicted octanol–water partition coefficient (Wildman–Crippen LogP) is 4.34. The number of hydrogen-bond donors (Lipinski definition) is 2. The van der Waals surface area contributed by atoms with Crippen LogP contribution in [0.1, 0.15) is 65.6 Å². The molecule has 0 unspecified atom stereocenters. The standard InChI is InChI=1S/C25H24N6O2.C2H6/c1-25(9-10-25)27-15-17-5-7-20(8-6-17)30-11-12-31-22(24(30)33)21(16-28-31)23(32)29-19-4-2-3-18(13-19)14-26;1-2/h2-8,13,16,27H,9-12,15H2,1H3,(H,29,32);1-2H3. The van der Waals surface area contributed by atoms with Gasteiger partial charge in [-0.15, -0.1) is 0 Å². The van der Waals surface area contributed by atoms with Crippen LogP contribution >= 0.6 is 0 Å². The third-order valence-electron chi connectivity index (χ3n) is 6.28. The van der Waals surface area contributed by atoms with Gasteiger partial charge in [-0.25, -0.2) is 0 Å². The third kappa shape index (κ3) is 5.26. The zero-order valence-corrected chi connectivity index (χ0v) is 20.3. The zero-order chi connectivity index (χ0) is 25.0. The zero-order valence-electron chi connectivity index (χ0n) is 20.3. The monoisotopic (exact) mass is 470 g/mol. The molecule has 0 atom stereocenters. The summed E-state index contributed by atoms with van der Waals surface area (Å²) in [6.45, 7) is 8.01. The Bertz CT molecular complexity index is 1270. The Morgan fingerprint density at radius 3 is 2.57 bits per heavy atom. The van der Waals surface area contributed by atoms with Crippen molar-refractivity contribution >= 4 is 23.2 Å². The van der Waals surface area contributed by atoms with Gasteiger partial charge in [-0.05, 0) is 55.7 Å². The van der Waals surface area contributed by atoms with Crippen molar-refractivity contribution in [2.75, 3.05) is 16.8 Å². The van der Waals surface area contributed by atoms with Crippen LogP contribution in [-0.2, 0) is 13.1 Å². The van der Waals surface area contributed by atoms with E-state index in [4.69, 9.17) is 5.26 Å². The molecule has 1 aliphatic heterocycles. The maximum Gasteiger partial charge on any atom is 0.277 e. The highest BCUT2D eigenvalue weighted by atomic mass is 16.2.